The van der Waals surface area contributed by atoms with Crippen molar-refractivity contribution in [1.82, 2.24) is 14.8 Å². The normalized spacial score (nSPS) is 10.6. The van der Waals surface area contributed by atoms with Gasteiger partial charge < -0.3 is 14.6 Å². The van der Waals surface area contributed by atoms with Crippen molar-refractivity contribution in [3.63, 3.8) is 0 Å². The monoisotopic (exact) mass is 413 g/mol. The van der Waals surface area contributed by atoms with Crippen LogP contribution < -0.4 is 10.1 Å². The van der Waals surface area contributed by atoms with Gasteiger partial charge in [-0.15, -0.1) is 10.2 Å². The van der Waals surface area contributed by atoms with Crippen LogP contribution in [0.3, 0.4) is 0 Å². The van der Waals surface area contributed by atoms with Crippen LogP contribution in [0.1, 0.15) is 6.92 Å². The topological polar surface area (TPSA) is 112 Å². The number of non-ortho nitro benzene ring substituents is 1. The SMILES string of the molecule is CCOc1ccc(-c2nnc(SCC(=O)Nc3ccc([N+](=O)[O-])cc3)n2C)cc1. The molecule has 0 saturated carbocycles. The van der Waals surface area contributed by atoms with Gasteiger partial charge in [-0.3, -0.25) is 14.9 Å². The van der Waals surface area contributed by atoms with E-state index in [2.05, 4.69) is 15.5 Å². The molecule has 3 rings (SSSR count). The lowest BCUT2D eigenvalue weighted by atomic mass is 10.2. The molecule has 9 nitrogen and oxygen atoms in total. The van der Waals surface area contributed by atoms with Gasteiger partial charge in [-0.1, -0.05) is 11.8 Å². The van der Waals surface area contributed by atoms with Crippen LogP contribution in [0.4, 0.5) is 11.4 Å². The van der Waals surface area contributed by atoms with E-state index in [0.29, 0.717) is 23.3 Å². The molecule has 0 bridgehead atoms. The second-order valence-corrected chi connectivity index (χ2v) is 6.91. The van der Waals surface area contributed by atoms with Gasteiger partial charge in [0.05, 0.1) is 17.3 Å². The van der Waals surface area contributed by atoms with Crippen molar-refractivity contribution in [2.75, 3.05) is 17.7 Å². The number of thioether (sulfide) groups is 1. The number of nitrogens with one attached hydrogen (secondary N) is 1. The minimum absolute atomic E-state index is 0.0294. The zero-order valence-electron chi connectivity index (χ0n) is 15.9. The molecule has 2 aromatic carbocycles. The maximum Gasteiger partial charge on any atom is 0.269 e. The number of anilines is 1. The summed E-state index contributed by atoms with van der Waals surface area (Å²) in [6.07, 6.45) is 0. The number of hydrogen-bond acceptors (Lipinski definition) is 7. The predicted molar refractivity (Wildman–Crippen MR) is 110 cm³/mol. The highest BCUT2D eigenvalue weighted by molar-refractivity contribution is 7.99. The summed E-state index contributed by atoms with van der Waals surface area (Å²) in [5.74, 6) is 1.36. The molecular formula is C19H19N5O4S. The van der Waals surface area contributed by atoms with Gasteiger partial charge in [0, 0.05) is 30.4 Å². The third-order valence-electron chi connectivity index (χ3n) is 3.95. The molecule has 1 N–H and O–H groups in total. The standard InChI is InChI=1S/C19H19N5O4S/c1-3-28-16-10-4-13(5-11-16)18-21-22-19(23(18)2)29-12-17(25)20-14-6-8-15(9-7-14)24(26)27/h4-11H,3,12H2,1-2H3,(H,20,25). The minimum atomic E-state index is -0.489. The molecule has 1 aromatic heterocycles. The molecule has 0 spiro atoms. The number of nitro groups is 1. The molecular weight excluding hydrogens is 394 g/mol. The molecule has 3 aromatic rings. The summed E-state index contributed by atoms with van der Waals surface area (Å²) in [7, 11) is 1.84. The van der Waals surface area contributed by atoms with Crippen LogP contribution in [0.2, 0.25) is 0 Å². The molecule has 0 aliphatic carbocycles. The number of hydrogen-bond donors (Lipinski definition) is 1. The van der Waals surface area contributed by atoms with Crippen LogP contribution in [0.25, 0.3) is 11.4 Å². The molecule has 0 aliphatic heterocycles. The highest BCUT2D eigenvalue weighted by Crippen LogP contribution is 2.25. The lowest BCUT2D eigenvalue weighted by Gasteiger charge is -2.06. The molecule has 1 amide bonds. The Balaban J connectivity index is 1.59. The maximum absolute atomic E-state index is 12.2. The molecule has 0 fully saturated rings. The highest BCUT2D eigenvalue weighted by Gasteiger charge is 2.13. The zero-order chi connectivity index (χ0) is 20.8. The average Bonchev–Trinajstić information content (AvgIpc) is 3.08. The smallest absolute Gasteiger partial charge is 0.269 e. The molecule has 150 valence electrons. The number of rotatable bonds is 8. The number of carbonyl (C=O) groups is 1. The van der Waals surface area contributed by atoms with Crippen molar-refractivity contribution in [1.29, 1.82) is 0 Å². The van der Waals surface area contributed by atoms with E-state index in [9.17, 15) is 14.9 Å². The molecule has 0 atom stereocenters. The molecule has 0 aliphatic rings. The van der Waals surface area contributed by atoms with E-state index < -0.39 is 4.92 Å². The number of carbonyl (C=O) groups excluding carboxylic acids is 1. The summed E-state index contributed by atoms with van der Waals surface area (Å²) >= 11 is 1.25. The van der Waals surface area contributed by atoms with Gasteiger partial charge in [0.2, 0.25) is 5.91 Å². The number of ether oxygens (including phenoxy) is 1. The van der Waals surface area contributed by atoms with E-state index in [1.54, 1.807) is 0 Å². The second-order valence-electron chi connectivity index (χ2n) is 5.96. The van der Waals surface area contributed by atoms with Gasteiger partial charge >= 0.3 is 0 Å². The van der Waals surface area contributed by atoms with Crippen LogP contribution in [-0.4, -0.2) is 38.0 Å². The van der Waals surface area contributed by atoms with Gasteiger partial charge in [-0.25, -0.2) is 0 Å². The first-order valence-electron chi connectivity index (χ1n) is 8.77. The Morgan fingerprint density at radius 2 is 1.86 bits per heavy atom. The van der Waals surface area contributed by atoms with Crippen LogP contribution >= 0.6 is 11.8 Å². The molecule has 10 heteroatoms. The van der Waals surface area contributed by atoms with E-state index in [4.69, 9.17) is 4.74 Å². The number of nitro benzene ring substituents is 1. The third-order valence-corrected chi connectivity index (χ3v) is 4.97. The molecule has 1 heterocycles. The van der Waals surface area contributed by atoms with Crippen molar-refractivity contribution in [3.8, 4) is 17.1 Å². The first kappa shape index (κ1) is 20.3. The lowest BCUT2D eigenvalue weighted by molar-refractivity contribution is -0.384. The third kappa shape index (κ3) is 5.11. The number of aromatic nitrogens is 3. The summed E-state index contributed by atoms with van der Waals surface area (Å²) in [6.45, 7) is 2.53. The Kier molecular flexibility index (Phi) is 6.45. The summed E-state index contributed by atoms with van der Waals surface area (Å²) in [6, 6.07) is 13.2. The van der Waals surface area contributed by atoms with Crippen LogP contribution in [0.15, 0.2) is 53.7 Å². The quantitative estimate of drug-likeness (QED) is 0.341. The van der Waals surface area contributed by atoms with Crippen molar-refractivity contribution >= 4 is 29.0 Å². The average molecular weight is 413 g/mol. The minimum Gasteiger partial charge on any atom is -0.494 e. The molecule has 0 unspecified atom stereocenters. The Morgan fingerprint density at radius 3 is 2.48 bits per heavy atom. The predicted octanol–water partition coefficient (Wildman–Crippen LogP) is 3.52. The van der Waals surface area contributed by atoms with Crippen molar-refractivity contribution < 1.29 is 14.5 Å². The maximum atomic E-state index is 12.2. The van der Waals surface area contributed by atoms with E-state index in [1.807, 2.05) is 42.8 Å². The molecule has 29 heavy (non-hydrogen) atoms. The first-order chi connectivity index (χ1) is 14.0. The summed E-state index contributed by atoms with van der Waals surface area (Å²) in [5.41, 5.74) is 1.36. The molecule has 0 saturated heterocycles. The largest absolute Gasteiger partial charge is 0.494 e. The number of benzene rings is 2. The fourth-order valence-corrected chi connectivity index (χ4v) is 3.26. The van der Waals surface area contributed by atoms with E-state index in [0.717, 1.165) is 11.3 Å². The van der Waals surface area contributed by atoms with Gasteiger partial charge in [0.1, 0.15) is 5.75 Å². The van der Waals surface area contributed by atoms with Crippen LogP contribution in [-0.2, 0) is 11.8 Å². The fourth-order valence-electron chi connectivity index (χ4n) is 2.55. The summed E-state index contributed by atoms with van der Waals surface area (Å²) < 4.78 is 7.26. The Hall–Kier alpha value is -3.40. The second kappa shape index (κ2) is 9.20. The lowest BCUT2D eigenvalue weighted by Crippen LogP contribution is -2.14. The Labute approximate surface area is 171 Å². The molecule has 0 radical (unpaired) electrons. The summed E-state index contributed by atoms with van der Waals surface area (Å²) in [5, 5.41) is 22.3. The van der Waals surface area contributed by atoms with Gasteiger partial charge in [0.25, 0.3) is 5.69 Å². The summed E-state index contributed by atoms with van der Waals surface area (Å²) in [4.78, 5) is 22.3. The highest BCUT2D eigenvalue weighted by atomic mass is 32.2. The van der Waals surface area contributed by atoms with Crippen LogP contribution in [0, 0.1) is 10.1 Å². The fraction of sp³-hybridized carbons (Fsp3) is 0.211. The Bertz CT molecular complexity index is 1000. The van der Waals surface area contributed by atoms with Crippen molar-refractivity contribution in [2.24, 2.45) is 7.05 Å². The van der Waals surface area contributed by atoms with Crippen LogP contribution in [0.5, 0.6) is 5.75 Å². The van der Waals surface area contributed by atoms with E-state index in [-0.39, 0.29) is 17.3 Å². The van der Waals surface area contributed by atoms with Gasteiger partial charge in [-0.2, -0.15) is 0 Å². The van der Waals surface area contributed by atoms with Crippen molar-refractivity contribution in [3.05, 3.63) is 58.6 Å². The first-order valence-corrected chi connectivity index (χ1v) is 9.76. The number of nitrogens with zero attached hydrogens (tertiary/aromatic N) is 4. The van der Waals surface area contributed by atoms with Crippen molar-refractivity contribution in [2.45, 2.75) is 12.1 Å². The van der Waals surface area contributed by atoms with Gasteiger partial charge in [-0.05, 0) is 43.3 Å². The number of amides is 1. The zero-order valence-corrected chi connectivity index (χ0v) is 16.7. The van der Waals surface area contributed by atoms with E-state index in [1.165, 1.54) is 36.0 Å². The Morgan fingerprint density at radius 1 is 1.17 bits per heavy atom. The van der Waals surface area contributed by atoms with E-state index >= 15 is 0 Å². The van der Waals surface area contributed by atoms with Gasteiger partial charge in [0.15, 0.2) is 11.0 Å².